The molecule has 12 heteroatoms. The van der Waals surface area contributed by atoms with E-state index in [1.54, 1.807) is 6.92 Å². The van der Waals surface area contributed by atoms with Crippen molar-refractivity contribution in [1.29, 1.82) is 0 Å². The molecule has 0 saturated carbocycles. The SMILES string of the molecule is CO[C@@H](C)[C@H](NC[C@H](Cc1ccccc1)NC(=O)c1cc(C(=O)N[C@H](C)c2ccccc2)cc(N(C)S(C)(=O)=O)c1)C(=O)NCC(C)C. The summed E-state index contributed by atoms with van der Waals surface area (Å²) in [6, 6.07) is 21.8. The van der Waals surface area contributed by atoms with Crippen molar-refractivity contribution in [2.24, 2.45) is 5.92 Å². The van der Waals surface area contributed by atoms with Crippen LogP contribution < -0.4 is 25.6 Å². The van der Waals surface area contributed by atoms with E-state index < -0.39 is 40.0 Å². The van der Waals surface area contributed by atoms with Gasteiger partial charge in [0.1, 0.15) is 6.04 Å². The molecular formula is C36H49N5O6S. The highest BCUT2D eigenvalue weighted by molar-refractivity contribution is 7.92. The number of hydrogen-bond donors (Lipinski definition) is 4. The Morgan fingerprint density at radius 2 is 1.38 bits per heavy atom. The van der Waals surface area contributed by atoms with Crippen molar-refractivity contribution >= 4 is 33.4 Å². The Morgan fingerprint density at radius 3 is 1.92 bits per heavy atom. The van der Waals surface area contributed by atoms with E-state index >= 15 is 0 Å². The van der Waals surface area contributed by atoms with E-state index in [4.69, 9.17) is 4.74 Å². The molecule has 0 unspecified atom stereocenters. The van der Waals surface area contributed by atoms with Gasteiger partial charge in [0.2, 0.25) is 15.9 Å². The van der Waals surface area contributed by atoms with Gasteiger partial charge in [0.05, 0.1) is 24.1 Å². The molecule has 0 fully saturated rings. The van der Waals surface area contributed by atoms with Gasteiger partial charge in [0, 0.05) is 44.4 Å². The van der Waals surface area contributed by atoms with Gasteiger partial charge in [-0.25, -0.2) is 8.42 Å². The van der Waals surface area contributed by atoms with Crippen molar-refractivity contribution in [3.05, 3.63) is 101 Å². The van der Waals surface area contributed by atoms with Crippen molar-refractivity contribution in [1.82, 2.24) is 21.3 Å². The smallest absolute Gasteiger partial charge is 0.251 e. The Kier molecular flexibility index (Phi) is 14.1. The predicted molar refractivity (Wildman–Crippen MR) is 190 cm³/mol. The molecule has 0 spiro atoms. The zero-order chi connectivity index (χ0) is 35.4. The molecule has 0 aliphatic carbocycles. The zero-order valence-electron chi connectivity index (χ0n) is 28.8. The molecule has 0 aromatic heterocycles. The van der Waals surface area contributed by atoms with Crippen LogP contribution in [0.5, 0.6) is 0 Å². The molecule has 0 saturated heterocycles. The van der Waals surface area contributed by atoms with Gasteiger partial charge in [-0.15, -0.1) is 0 Å². The summed E-state index contributed by atoms with van der Waals surface area (Å²) >= 11 is 0. The number of methoxy groups -OCH3 is 1. The number of carbonyl (C=O) groups excluding carboxylic acids is 3. The maximum absolute atomic E-state index is 13.9. The summed E-state index contributed by atoms with van der Waals surface area (Å²) < 4.78 is 31.5. The number of hydrogen-bond acceptors (Lipinski definition) is 7. The first kappa shape index (κ1) is 38.2. The van der Waals surface area contributed by atoms with Gasteiger partial charge in [-0.1, -0.05) is 74.5 Å². The topological polar surface area (TPSA) is 146 Å². The molecule has 3 amide bonds. The molecule has 4 N–H and O–H groups in total. The minimum atomic E-state index is -3.71. The first-order valence-corrected chi connectivity index (χ1v) is 17.9. The molecule has 0 radical (unpaired) electrons. The van der Waals surface area contributed by atoms with Crippen molar-refractivity contribution in [3.8, 4) is 0 Å². The second-order valence-electron chi connectivity index (χ2n) is 12.4. The average molecular weight is 680 g/mol. The van der Waals surface area contributed by atoms with Crippen LogP contribution >= 0.6 is 0 Å². The first-order valence-electron chi connectivity index (χ1n) is 16.0. The van der Waals surface area contributed by atoms with Crippen molar-refractivity contribution in [3.63, 3.8) is 0 Å². The highest BCUT2D eigenvalue weighted by Crippen LogP contribution is 2.22. The first-order chi connectivity index (χ1) is 22.7. The average Bonchev–Trinajstić information content (AvgIpc) is 3.06. The van der Waals surface area contributed by atoms with Gasteiger partial charge >= 0.3 is 0 Å². The molecule has 0 aliphatic heterocycles. The monoisotopic (exact) mass is 679 g/mol. The van der Waals surface area contributed by atoms with Crippen molar-refractivity contribution in [2.75, 3.05) is 37.8 Å². The minimum Gasteiger partial charge on any atom is -0.380 e. The van der Waals surface area contributed by atoms with Crippen molar-refractivity contribution in [2.45, 2.75) is 58.3 Å². The third kappa shape index (κ3) is 11.5. The molecule has 3 aromatic rings. The van der Waals surface area contributed by atoms with Gasteiger partial charge < -0.3 is 26.0 Å². The van der Waals surface area contributed by atoms with Gasteiger partial charge in [0.15, 0.2) is 0 Å². The number of anilines is 1. The number of rotatable bonds is 17. The highest BCUT2D eigenvalue weighted by Gasteiger charge is 2.27. The van der Waals surface area contributed by atoms with E-state index in [9.17, 15) is 22.8 Å². The lowest BCUT2D eigenvalue weighted by Crippen LogP contribution is -2.55. The summed E-state index contributed by atoms with van der Waals surface area (Å²) in [4.78, 5) is 40.4. The number of amides is 3. The molecule has 0 bridgehead atoms. The van der Waals surface area contributed by atoms with Gasteiger partial charge in [0.25, 0.3) is 11.8 Å². The summed E-state index contributed by atoms with van der Waals surface area (Å²) in [5.74, 6) is -0.911. The molecule has 0 heterocycles. The molecule has 0 aliphatic rings. The molecule has 48 heavy (non-hydrogen) atoms. The predicted octanol–water partition coefficient (Wildman–Crippen LogP) is 3.68. The van der Waals surface area contributed by atoms with Gasteiger partial charge in [-0.2, -0.15) is 0 Å². The number of benzene rings is 3. The molecule has 4 atom stereocenters. The number of nitrogens with one attached hydrogen (secondary N) is 4. The van der Waals surface area contributed by atoms with Crippen LogP contribution in [0.4, 0.5) is 5.69 Å². The largest absolute Gasteiger partial charge is 0.380 e. The van der Waals surface area contributed by atoms with Crippen LogP contribution in [0.3, 0.4) is 0 Å². The van der Waals surface area contributed by atoms with E-state index in [2.05, 4.69) is 21.3 Å². The fourth-order valence-electron chi connectivity index (χ4n) is 4.99. The Labute approximate surface area is 284 Å². The molecule has 3 rings (SSSR count). The number of ether oxygens (including phenoxy) is 1. The quantitative estimate of drug-likeness (QED) is 0.170. The minimum absolute atomic E-state index is 0.107. The number of sulfonamides is 1. The number of nitrogens with zero attached hydrogens (tertiary/aromatic N) is 1. The maximum atomic E-state index is 13.9. The van der Waals surface area contributed by atoms with Crippen LogP contribution in [0.25, 0.3) is 0 Å². The molecule has 260 valence electrons. The lowest BCUT2D eigenvalue weighted by atomic mass is 10.0. The van der Waals surface area contributed by atoms with E-state index in [0.717, 1.165) is 21.7 Å². The third-order valence-corrected chi connectivity index (χ3v) is 9.21. The van der Waals surface area contributed by atoms with Crippen LogP contribution in [0.1, 0.15) is 65.6 Å². The standard InChI is InChI=1S/C36H49N5O6S/c1-24(2)22-38-36(44)33(26(4)47-6)37-23-31(18-27-14-10-8-11-15-27)40-35(43)30-19-29(20-32(21-30)41(5)48(7,45)46)34(42)39-25(3)28-16-12-9-13-17-28/h8-17,19-21,24-26,31,33,37H,18,22-23H2,1-7H3,(H,38,44)(H,39,42)(H,40,43)/t25-,26+,31+,33+/m1/s1. The summed E-state index contributed by atoms with van der Waals surface area (Å²) in [6.45, 7) is 8.39. The van der Waals surface area contributed by atoms with Gasteiger partial charge in [-0.05, 0) is 55.5 Å². The summed E-state index contributed by atoms with van der Waals surface area (Å²) in [5.41, 5.74) is 2.25. The third-order valence-electron chi connectivity index (χ3n) is 8.00. The van der Waals surface area contributed by atoms with Crippen LogP contribution in [0.15, 0.2) is 78.9 Å². The molecular weight excluding hydrogens is 630 g/mol. The number of carbonyl (C=O) groups is 3. The molecule has 3 aromatic carbocycles. The van der Waals surface area contributed by atoms with Crippen LogP contribution in [0, 0.1) is 5.92 Å². The van der Waals surface area contributed by atoms with E-state index in [1.165, 1.54) is 32.4 Å². The summed E-state index contributed by atoms with van der Waals surface area (Å²) in [6.07, 6.45) is 1.03. The van der Waals surface area contributed by atoms with E-state index in [1.807, 2.05) is 81.4 Å². The second-order valence-corrected chi connectivity index (χ2v) is 14.4. The van der Waals surface area contributed by atoms with E-state index in [0.29, 0.717) is 13.0 Å². The van der Waals surface area contributed by atoms with E-state index in [-0.39, 0.29) is 41.2 Å². The zero-order valence-corrected chi connectivity index (χ0v) is 29.6. The lowest BCUT2D eigenvalue weighted by Gasteiger charge is -2.27. The fourth-order valence-corrected chi connectivity index (χ4v) is 5.47. The summed E-state index contributed by atoms with van der Waals surface area (Å²) in [7, 11) is -0.808. The van der Waals surface area contributed by atoms with Crippen LogP contribution in [-0.4, -0.2) is 77.8 Å². The maximum Gasteiger partial charge on any atom is 0.251 e. The Balaban J connectivity index is 1.92. The second kappa shape index (κ2) is 17.8. The molecule has 11 nitrogen and oxygen atoms in total. The van der Waals surface area contributed by atoms with Crippen molar-refractivity contribution < 1.29 is 27.5 Å². The Morgan fingerprint density at radius 1 is 0.812 bits per heavy atom. The van der Waals surface area contributed by atoms with Crippen LogP contribution in [0.2, 0.25) is 0 Å². The van der Waals surface area contributed by atoms with Crippen LogP contribution in [-0.2, 0) is 26.0 Å². The highest BCUT2D eigenvalue weighted by atomic mass is 32.2. The van der Waals surface area contributed by atoms with Gasteiger partial charge in [-0.3, -0.25) is 18.7 Å². The fraction of sp³-hybridized carbons (Fsp3) is 0.417. The normalized spacial score (nSPS) is 14.0. The lowest BCUT2D eigenvalue weighted by molar-refractivity contribution is -0.126. The Hall–Kier alpha value is -4.26. The summed E-state index contributed by atoms with van der Waals surface area (Å²) in [5, 5.41) is 12.2. The Bertz CT molecular complexity index is 1620.